The molecule has 0 saturated heterocycles. The van der Waals surface area contributed by atoms with Crippen LogP contribution < -0.4 is 10.6 Å². The first-order valence-electron chi connectivity index (χ1n) is 2.33. The van der Waals surface area contributed by atoms with Gasteiger partial charge in [0.25, 0.3) is 0 Å². The molecule has 0 fully saturated rings. The number of hydrogen-bond acceptors (Lipinski definition) is 2. The molecule has 0 amide bonds. The maximum absolute atomic E-state index is 2.96. The van der Waals surface area contributed by atoms with Gasteiger partial charge in [0.15, 0.2) is 7.85 Å². The van der Waals surface area contributed by atoms with Gasteiger partial charge in [-0.3, -0.25) is 0 Å². The Hall–Kier alpha value is -0.595. The van der Waals surface area contributed by atoms with Gasteiger partial charge in [0.05, 0.1) is 0 Å². The molecular formula is C4H11BN2. The van der Waals surface area contributed by atoms with Crippen molar-refractivity contribution in [1.82, 2.24) is 10.6 Å². The molecule has 2 N–H and O–H groups in total. The molecule has 3 heteroatoms. The topological polar surface area (TPSA) is 24.1 Å². The average Bonchev–Trinajstić information content (AvgIpc) is 1.68. The van der Waals surface area contributed by atoms with Crippen molar-refractivity contribution in [2.75, 3.05) is 14.1 Å². The summed E-state index contributed by atoms with van der Waals surface area (Å²) in [6, 6.07) is 0. The van der Waals surface area contributed by atoms with Crippen LogP contribution in [0.2, 0.25) is 0 Å². The Labute approximate surface area is 45.4 Å². The minimum Gasteiger partial charge on any atom is -0.398 e. The molecule has 0 aromatic carbocycles. The van der Waals surface area contributed by atoms with Crippen molar-refractivity contribution in [3.8, 4) is 0 Å². The third kappa shape index (κ3) is 3.23. The zero-order valence-electron chi connectivity index (χ0n) is 5.08. The highest BCUT2D eigenvalue weighted by molar-refractivity contribution is 6.21. The zero-order chi connectivity index (χ0) is 5.70. The van der Waals surface area contributed by atoms with Crippen LogP contribution in [0.15, 0.2) is 11.8 Å². The van der Waals surface area contributed by atoms with Gasteiger partial charge >= 0.3 is 0 Å². The minimum atomic E-state index is 1.14. The average molecular weight is 98.0 g/mol. The summed E-state index contributed by atoms with van der Waals surface area (Å²) in [7, 11) is 5.76. The van der Waals surface area contributed by atoms with Crippen LogP contribution >= 0.6 is 0 Å². The Morgan fingerprint density at radius 3 is 2.29 bits per heavy atom. The van der Waals surface area contributed by atoms with Crippen LogP contribution in [0.1, 0.15) is 0 Å². The molecule has 7 heavy (non-hydrogen) atoms. The molecule has 0 saturated carbocycles. The van der Waals surface area contributed by atoms with Crippen molar-refractivity contribution in [3.63, 3.8) is 0 Å². The van der Waals surface area contributed by atoms with Crippen LogP contribution in [0.4, 0.5) is 0 Å². The number of rotatable bonds is 2. The SMILES string of the molecule is B/C(=C/NC)NC. The van der Waals surface area contributed by atoms with Crippen molar-refractivity contribution in [1.29, 1.82) is 0 Å². The Morgan fingerprint density at radius 2 is 2.14 bits per heavy atom. The summed E-state index contributed by atoms with van der Waals surface area (Å²) >= 11 is 0. The summed E-state index contributed by atoms with van der Waals surface area (Å²) in [5.41, 5.74) is 1.14. The number of hydrogen-bond donors (Lipinski definition) is 2. The molecule has 0 aliphatic rings. The molecule has 0 unspecified atom stereocenters. The lowest BCUT2D eigenvalue weighted by Gasteiger charge is -1.95. The molecular weight excluding hydrogens is 86.9 g/mol. The molecule has 2 nitrogen and oxygen atoms in total. The molecule has 0 radical (unpaired) electrons. The smallest absolute Gasteiger partial charge is 0.162 e. The number of nitrogens with one attached hydrogen (secondary N) is 2. The fourth-order valence-corrected chi connectivity index (χ4v) is 0.289. The molecule has 0 aliphatic carbocycles. The van der Waals surface area contributed by atoms with Crippen molar-refractivity contribution in [2.24, 2.45) is 0 Å². The highest BCUT2D eigenvalue weighted by Gasteiger charge is 1.73. The molecule has 0 spiro atoms. The summed E-state index contributed by atoms with van der Waals surface area (Å²) in [6.07, 6.45) is 1.90. The first-order valence-corrected chi connectivity index (χ1v) is 2.33. The third-order valence-corrected chi connectivity index (χ3v) is 0.755. The standard InChI is InChI=1S/C4H11BN2/c1-6-3-4(5)7-2/h3,6-7H,5H2,1-2H3/b4-3-. The second-order valence-electron chi connectivity index (χ2n) is 1.37. The monoisotopic (exact) mass is 98.1 g/mol. The van der Waals surface area contributed by atoms with Crippen LogP contribution in [0.25, 0.3) is 0 Å². The van der Waals surface area contributed by atoms with Crippen LogP contribution in [0, 0.1) is 0 Å². The summed E-state index contributed by atoms with van der Waals surface area (Å²) < 4.78 is 0. The van der Waals surface area contributed by atoms with E-state index in [0.717, 1.165) is 5.60 Å². The van der Waals surface area contributed by atoms with Gasteiger partial charge in [-0.05, 0) is 5.60 Å². The van der Waals surface area contributed by atoms with Gasteiger partial charge in [0.1, 0.15) is 0 Å². The van der Waals surface area contributed by atoms with E-state index in [1.165, 1.54) is 0 Å². The van der Waals surface area contributed by atoms with Gasteiger partial charge in [0.2, 0.25) is 0 Å². The van der Waals surface area contributed by atoms with Crippen LogP contribution in [-0.4, -0.2) is 21.9 Å². The Kier molecular flexibility index (Phi) is 3.28. The van der Waals surface area contributed by atoms with E-state index in [2.05, 4.69) is 10.6 Å². The maximum Gasteiger partial charge on any atom is 0.162 e. The van der Waals surface area contributed by atoms with E-state index in [-0.39, 0.29) is 0 Å². The molecule has 0 rings (SSSR count). The predicted molar refractivity (Wildman–Crippen MR) is 34.7 cm³/mol. The van der Waals surface area contributed by atoms with Crippen LogP contribution in [0.5, 0.6) is 0 Å². The predicted octanol–water partition coefficient (Wildman–Crippen LogP) is -1.14. The summed E-state index contributed by atoms with van der Waals surface area (Å²) in [6.45, 7) is 0. The fourth-order valence-electron chi connectivity index (χ4n) is 0.289. The zero-order valence-corrected chi connectivity index (χ0v) is 5.08. The highest BCUT2D eigenvalue weighted by atomic mass is 14.9. The lowest BCUT2D eigenvalue weighted by atomic mass is 10.1. The van der Waals surface area contributed by atoms with Crippen molar-refractivity contribution in [2.45, 2.75) is 0 Å². The van der Waals surface area contributed by atoms with Crippen LogP contribution in [0.3, 0.4) is 0 Å². The minimum absolute atomic E-state index is 1.14. The molecule has 0 bridgehead atoms. The van der Waals surface area contributed by atoms with Crippen molar-refractivity contribution in [3.05, 3.63) is 11.8 Å². The quantitative estimate of drug-likeness (QED) is 0.426. The van der Waals surface area contributed by atoms with Gasteiger partial charge in [-0.15, -0.1) is 0 Å². The molecule has 0 heterocycles. The Morgan fingerprint density at radius 1 is 1.57 bits per heavy atom. The summed E-state index contributed by atoms with van der Waals surface area (Å²) in [5, 5.41) is 5.86. The van der Waals surface area contributed by atoms with Crippen molar-refractivity contribution >= 4 is 7.85 Å². The lowest BCUT2D eigenvalue weighted by molar-refractivity contribution is 1.01. The van der Waals surface area contributed by atoms with E-state index in [9.17, 15) is 0 Å². The van der Waals surface area contributed by atoms with Crippen LogP contribution in [-0.2, 0) is 0 Å². The largest absolute Gasteiger partial charge is 0.398 e. The maximum atomic E-state index is 2.96. The second-order valence-corrected chi connectivity index (χ2v) is 1.37. The van der Waals surface area contributed by atoms with Gasteiger partial charge in [0, 0.05) is 20.3 Å². The highest BCUT2D eigenvalue weighted by Crippen LogP contribution is 1.68. The van der Waals surface area contributed by atoms with E-state index in [0.29, 0.717) is 0 Å². The van der Waals surface area contributed by atoms with Gasteiger partial charge < -0.3 is 10.6 Å². The van der Waals surface area contributed by atoms with E-state index in [1.54, 1.807) is 0 Å². The van der Waals surface area contributed by atoms with Crippen molar-refractivity contribution < 1.29 is 0 Å². The molecule has 0 aromatic rings. The van der Waals surface area contributed by atoms with E-state index < -0.39 is 0 Å². The molecule has 0 atom stereocenters. The Balaban J connectivity index is 3.29. The molecule has 0 aliphatic heterocycles. The molecule has 0 aromatic heterocycles. The Bertz CT molecular complexity index is 70.1. The van der Waals surface area contributed by atoms with E-state index in [1.807, 2.05) is 28.1 Å². The fraction of sp³-hybridized carbons (Fsp3) is 0.500. The van der Waals surface area contributed by atoms with Gasteiger partial charge in [-0.2, -0.15) is 0 Å². The van der Waals surface area contributed by atoms with E-state index >= 15 is 0 Å². The summed E-state index contributed by atoms with van der Waals surface area (Å²) in [5.74, 6) is 0. The first-order chi connectivity index (χ1) is 3.31. The normalized spacial score (nSPS) is 10.9. The molecule has 40 valence electrons. The third-order valence-electron chi connectivity index (χ3n) is 0.755. The van der Waals surface area contributed by atoms with Gasteiger partial charge in [-0.1, -0.05) is 0 Å². The van der Waals surface area contributed by atoms with E-state index in [4.69, 9.17) is 0 Å². The first kappa shape index (κ1) is 6.40. The van der Waals surface area contributed by atoms with Gasteiger partial charge in [-0.25, -0.2) is 0 Å². The summed E-state index contributed by atoms with van der Waals surface area (Å²) in [4.78, 5) is 0. The lowest BCUT2D eigenvalue weighted by Crippen LogP contribution is -2.09. The second kappa shape index (κ2) is 3.59.